The number of aliphatic hydroxyl groups excluding tert-OH is 1. The molecule has 0 spiro atoms. The zero-order valence-corrected chi connectivity index (χ0v) is 13.0. The van der Waals surface area contributed by atoms with Crippen LogP contribution in [0.3, 0.4) is 0 Å². The fourth-order valence-corrected chi connectivity index (χ4v) is 3.07. The number of fused-ring (bicyclic) bond motifs is 1. The van der Waals surface area contributed by atoms with Crippen molar-refractivity contribution >= 4 is 34.0 Å². The molecule has 1 unspecified atom stereocenters. The molecule has 0 aliphatic carbocycles. The van der Waals surface area contributed by atoms with Crippen LogP contribution in [0.15, 0.2) is 54.6 Å². The lowest BCUT2D eigenvalue weighted by molar-refractivity contribution is 0.221. The monoisotopic (exact) mass is 316 g/mol. The number of benzene rings is 3. The Morgan fingerprint density at radius 3 is 2.48 bits per heavy atom. The Morgan fingerprint density at radius 2 is 1.67 bits per heavy atom. The highest BCUT2D eigenvalue weighted by Gasteiger charge is 2.19. The molecule has 106 valence electrons. The second-order valence-electron chi connectivity index (χ2n) is 5.06. The number of hydrogen-bond acceptors (Lipinski definition) is 1. The second kappa shape index (κ2) is 5.69. The van der Waals surface area contributed by atoms with Crippen LogP contribution in [0, 0.1) is 6.92 Å². The molecule has 0 fully saturated rings. The van der Waals surface area contributed by atoms with Gasteiger partial charge in [-0.3, -0.25) is 0 Å². The van der Waals surface area contributed by atoms with E-state index in [1.54, 1.807) is 18.2 Å². The third-order valence-corrected chi connectivity index (χ3v) is 4.57. The van der Waals surface area contributed by atoms with Gasteiger partial charge in [0.25, 0.3) is 0 Å². The van der Waals surface area contributed by atoms with Crippen molar-refractivity contribution in [3.63, 3.8) is 0 Å². The topological polar surface area (TPSA) is 20.2 Å². The van der Waals surface area contributed by atoms with Gasteiger partial charge >= 0.3 is 0 Å². The highest BCUT2D eigenvalue weighted by molar-refractivity contribution is 6.42. The predicted molar refractivity (Wildman–Crippen MR) is 89.2 cm³/mol. The lowest BCUT2D eigenvalue weighted by Gasteiger charge is -2.18. The molecular formula is C18H14Cl2O. The van der Waals surface area contributed by atoms with E-state index >= 15 is 0 Å². The normalized spacial score (nSPS) is 12.6. The van der Waals surface area contributed by atoms with E-state index in [2.05, 4.69) is 6.07 Å². The van der Waals surface area contributed by atoms with Crippen LogP contribution >= 0.6 is 23.2 Å². The van der Waals surface area contributed by atoms with E-state index in [4.69, 9.17) is 23.2 Å². The molecule has 3 rings (SSSR count). The predicted octanol–water partition coefficient (Wildman–Crippen LogP) is 5.54. The third kappa shape index (κ3) is 2.53. The minimum atomic E-state index is -0.803. The Labute approximate surface area is 133 Å². The maximum atomic E-state index is 10.8. The van der Waals surface area contributed by atoms with Gasteiger partial charge in [-0.1, -0.05) is 71.7 Å². The lowest BCUT2D eigenvalue weighted by Crippen LogP contribution is -2.04. The van der Waals surface area contributed by atoms with Crippen molar-refractivity contribution in [2.45, 2.75) is 13.0 Å². The highest BCUT2D eigenvalue weighted by atomic mass is 35.5. The van der Waals surface area contributed by atoms with Crippen LogP contribution in [0.2, 0.25) is 10.0 Å². The van der Waals surface area contributed by atoms with Gasteiger partial charge in [0.15, 0.2) is 0 Å². The van der Waals surface area contributed by atoms with Crippen molar-refractivity contribution in [3.8, 4) is 0 Å². The molecule has 3 aromatic rings. The first-order valence-electron chi connectivity index (χ1n) is 6.70. The minimum absolute atomic E-state index is 0.402. The van der Waals surface area contributed by atoms with Crippen molar-refractivity contribution in [3.05, 3.63) is 81.3 Å². The van der Waals surface area contributed by atoms with Gasteiger partial charge in [0.1, 0.15) is 6.10 Å². The van der Waals surface area contributed by atoms with Gasteiger partial charge < -0.3 is 5.11 Å². The molecule has 0 saturated heterocycles. The van der Waals surface area contributed by atoms with E-state index < -0.39 is 6.10 Å². The zero-order chi connectivity index (χ0) is 15.0. The van der Waals surface area contributed by atoms with E-state index in [-0.39, 0.29) is 0 Å². The molecule has 3 heteroatoms. The highest BCUT2D eigenvalue weighted by Crippen LogP contribution is 2.37. The van der Waals surface area contributed by atoms with Gasteiger partial charge in [-0.15, -0.1) is 0 Å². The summed E-state index contributed by atoms with van der Waals surface area (Å²) in [6.07, 6.45) is -0.803. The van der Waals surface area contributed by atoms with E-state index in [9.17, 15) is 5.11 Å². The molecule has 1 N–H and O–H groups in total. The van der Waals surface area contributed by atoms with Crippen LogP contribution in [-0.4, -0.2) is 5.11 Å². The van der Waals surface area contributed by atoms with E-state index in [0.717, 1.165) is 21.9 Å². The minimum Gasteiger partial charge on any atom is -0.384 e. The average molecular weight is 317 g/mol. The van der Waals surface area contributed by atoms with Gasteiger partial charge in [0, 0.05) is 5.56 Å². The Kier molecular flexibility index (Phi) is 3.90. The lowest BCUT2D eigenvalue weighted by atomic mass is 9.92. The van der Waals surface area contributed by atoms with Crippen molar-refractivity contribution in [2.24, 2.45) is 0 Å². The molecule has 0 bridgehead atoms. The van der Waals surface area contributed by atoms with E-state index in [0.29, 0.717) is 15.6 Å². The standard InChI is InChI=1S/C18H14Cl2O/c1-11-9-10-12-5-2-3-6-13(12)16(11)18(21)14-7-4-8-15(19)17(14)20/h2-10,18,21H,1H3. The number of rotatable bonds is 2. The van der Waals surface area contributed by atoms with Crippen LogP contribution in [0.5, 0.6) is 0 Å². The molecule has 0 saturated carbocycles. The molecule has 1 atom stereocenters. The van der Waals surface area contributed by atoms with Gasteiger partial charge in [0.05, 0.1) is 10.0 Å². The number of aliphatic hydroxyl groups is 1. The molecule has 0 radical (unpaired) electrons. The van der Waals surface area contributed by atoms with Crippen molar-refractivity contribution in [1.29, 1.82) is 0 Å². The first kappa shape index (κ1) is 14.4. The van der Waals surface area contributed by atoms with Gasteiger partial charge in [-0.05, 0) is 34.9 Å². The largest absolute Gasteiger partial charge is 0.384 e. The number of aryl methyl sites for hydroxylation is 1. The molecule has 0 amide bonds. The van der Waals surface area contributed by atoms with Crippen molar-refractivity contribution < 1.29 is 5.11 Å². The maximum absolute atomic E-state index is 10.8. The van der Waals surface area contributed by atoms with Crippen LogP contribution in [0.4, 0.5) is 0 Å². The van der Waals surface area contributed by atoms with Crippen LogP contribution < -0.4 is 0 Å². The summed E-state index contributed by atoms with van der Waals surface area (Å²) in [5, 5.41) is 13.8. The fourth-order valence-electron chi connectivity index (χ4n) is 2.65. The Hall–Kier alpha value is -1.54. The second-order valence-corrected chi connectivity index (χ2v) is 5.85. The molecule has 1 nitrogen and oxygen atoms in total. The van der Waals surface area contributed by atoms with Crippen molar-refractivity contribution in [2.75, 3.05) is 0 Å². The summed E-state index contributed by atoms with van der Waals surface area (Å²) >= 11 is 12.3. The van der Waals surface area contributed by atoms with Crippen molar-refractivity contribution in [1.82, 2.24) is 0 Å². The smallest absolute Gasteiger partial charge is 0.106 e. The van der Waals surface area contributed by atoms with Crippen LogP contribution in [-0.2, 0) is 0 Å². The molecule has 0 aromatic heterocycles. The zero-order valence-electron chi connectivity index (χ0n) is 11.5. The Balaban J connectivity index is 2.24. The van der Waals surface area contributed by atoms with Crippen LogP contribution in [0.1, 0.15) is 22.8 Å². The molecule has 21 heavy (non-hydrogen) atoms. The Bertz CT molecular complexity index is 811. The summed E-state index contributed by atoms with van der Waals surface area (Å²) in [5.74, 6) is 0. The van der Waals surface area contributed by atoms with E-state index in [1.807, 2.05) is 37.3 Å². The summed E-state index contributed by atoms with van der Waals surface area (Å²) in [5.41, 5.74) is 2.53. The first-order chi connectivity index (χ1) is 10.1. The molecular weight excluding hydrogens is 303 g/mol. The summed E-state index contributed by atoms with van der Waals surface area (Å²) in [4.78, 5) is 0. The SMILES string of the molecule is Cc1ccc2ccccc2c1C(O)c1cccc(Cl)c1Cl. The van der Waals surface area contributed by atoms with Crippen LogP contribution in [0.25, 0.3) is 10.8 Å². The molecule has 0 aliphatic rings. The molecule has 0 heterocycles. The quantitative estimate of drug-likeness (QED) is 0.658. The van der Waals surface area contributed by atoms with E-state index in [1.165, 1.54) is 0 Å². The van der Waals surface area contributed by atoms with Gasteiger partial charge in [-0.25, -0.2) is 0 Å². The first-order valence-corrected chi connectivity index (χ1v) is 7.45. The average Bonchev–Trinajstić information content (AvgIpc) is 2.49. The summed E-state index contributed by atoms with van der Waals surface area (Å²) in [6.45, 7) is 1.99. The van der Waals surface area contributed by atoms with Gasteiger partial charge in [0.2, 0.25) is 0 Å². The summed E-state index contributed by atoms with van der Waals surface area (Å²) in [7, 11) is 0. The number of hydrogen-bond donors (Lipinski definition) is 1. The third-order valence-electron chi connectivity index (χ3n) is 3.74. The summed E-state index contributed by atoms with van der Waals surface area (Å²) in [6, 6.07) is 17.4. The number of halogens is 2. The maximum Gasteiger partial charge on any atom is 0.106 e. The fraction of sp³-hybridized carbons (Fsp3) is 0.111. The molecule has 3 aromatic carbocycles. The Morgan fingerprint density at radius 1 is 0.905 bits per heavy atom. The van der Waals surface area contributed by atoms with Gasteiger partial charge in [-0.2, -0.15) is 0 Å². The summed E-state index contributed by atoms with van der Waals surface area (Å²) < 4.78 is 0. The molecule has 0 aliphatic heterocycles.